The van der Waals surface area contributed by atoms with Crippen molar-refractivity contribution in [3.8, 4) is 6.07 Å². The van der Waals surface area contributed by atoms with Gasteiger partial charge in [0, 0.05) is 13.1 Å². The molecule has 1 aromatic carbocycles. The smallest absolute Gasteiger partial charge is 0.342 e. The summed E-state index contributed by atoms with van der Waals surface area (Å²) in [6, 6.07) is 8.47. The summed E-state index contributed by atoms with van der Waals surface area (Å²) in [5.41, 5.74) is 1.19. The van der Waals surface area contributed by atoms with Crippen LogP contribution in [0.4, 0.5) is 13.2 Å². The number of hydrogen-bond acceptors (Lipinski definition) is 2. The van der Waals surface area contributed by atoms with Gasteiger partial charge in [0.1, 0.15) is 0 Å². The zero-order valence-corrected chi connectivity index (χ0v) is 11.4. The number of hydrogen-bond donors (Lipinski definition) is 0. The molecule has 6 heteroatoms. The topological polar surface area (TPSA) is 44.1 Å². The van der Waals surface area contributed by atoms with Gasteiger partial charge in [0.2, 0.25) is 5.91 Å². The fraction of sp³-hybridized carbons (Fsp3) is 0.467. The Balaban J connectivity index is 1.98. The van der Waals surface area contributed by atoms with E-state index >= 15 is 0 Å². The van der Waals surface area contributed by atoms with Crippen LogP contribution in [0.15, 0.2) is 24.3 Å². The van der Waals surface area contributed by atoms with Crippen LogP contribution >= 0.6 is 0 Å². The maximum atomic E-state index is 12.7. The van der Waals surface area contributed by atoms with Crippen molar-refractivity contribution in [2.45, 2.75) is 25.4 Å². The first-order valence-corrected chi connectivity index (χ1v) is 6.73. The summed E-state index contributed by atoms with van der Waals surface area (Å²) in [5, 5.41) is 8.69. The van der Waals surface area contributed by atoms with Crippen molar-refractivity contribution in [1.82, 2.24) is 4.90 Å². The number of rotatable bonds is 2. The van der Waals surface area contributed by atoms with E-state index in [1.165, 1.54) is 4.90 Å². The van der Waals surface area contributed by atoms with Gasteiger partial charge in [-0.2, -0.15) is 18.4 Å². The number of benzene rings is 1. The van der Waals surface area contributed by atoms with Crippen LogP contribution in [0.3, 0.4) is 0 Å². The molecule has 0 spiro atoms. The number of nitriles is 1. The highest BCUT2D eigenvalue weighted by Crippen LogP contribution is 2.33. The minimum Gasteiger partial charge on any atom is -0.342 e. The Hall–Kier alpha value is -2.03. The van der Waals surface area contributed by atoms with Gasteiger partial charge in [-0.1, -0.05) is 12.1 Å². The number of nitrogens with zero attached hydrogens (tertiary/aromatic N) is 2. The Bertz CT molecular complexity index is 546. The van der Waals surface area contributed by atoms with Crippen molar-refractivity contribution in [3.05, 3.63) is 35.4 Å². The van der Waals surface area contributed by atoms with E-state index in [4.69, 9.17) is 5.26 Å². The molecule has 0 N–H and O–H groups in total. The van der Waals surface area contributed by atoms with Gasteiger partial charge in [0.05, 0.1) is 24.0 Å². The van der Waals surface area contributed by atoms with Gasteiger partial charge in [-0.25, -0.2) is 0 Å². The molecular formula is C15H15F3N2O. The molecule has 1 amide bonds. The highest BCUT2D eigenvalue weighted by atomic mass is 19.4. The molecule has 1 unspecified atom stereocenters. The van der Waals surface area contributed by atoms with Gasteiger partial charge in [0.25, 0.3) is 0 Å². The summed E-state index contributed by atoms with van der Waals surface area (Å²) < 4.78 is 38.2. The van der Waals surface area contributed by atoms with Gasteiger partial charge < -0.3 is 4.90 Å². The number of amides is 1. The lowest BCUT2D eigenvalue weighted by atomic mass is 9.97. The largest absolute Gasteiger partial charge is 0.393 e. The molecule has 1 aromatic rings. The fourth-order valence-corrected chi connectivity index (χ4v) is 2.45. The monoisotopic (exact) mass is 296 g/mol. The van der Waals surface area contributed by atoms with Crippen LogP contribution in [0.25, 0.3) is 0 Å². The van der Waals surface area contributed by atoms with Crippen molar-refractivity contribution >= 4 is 5.91 Å². The Morgan fingerprint density at radius 3 is 2.57 bits per heavy atom. The second kappa shape index (κ2) is 6.17. The van der Waals surface area contributed by atoms with E-state index in [-0.39, 0.29) is 25.3 Å². The van der Waals surface area contributed by atoms with E-state index in [0.29, 0.717) is 24.1 Å². The Morgan fingerprint density at radius 1 is 1.33 bits per heavy atom. The molecular weight excluding hydrogens is 281 g/mol. The molecule has 0 bridgehead atoms. The lowest BCUT2D eigenvalue weighted by molar-refractivity contribution is -0.187. The van der Waals surface area contributed by atoms with Crippen molar-refractivity contribution < 1.29 is 18.0 Å². The molecule has 1 fully saturated rings. The maximum absolute atomic E-state index is 12.7. The van der Waals surface area contributed by atoms with E-state index in [1.807, 2.05) is 6.07 Å². The second-order valence-electron chi connectivity index (χ2n) is 5.21. The molecule has 112 valence electrons. The van der Waals surface area contributed by atoms with Crippen LogP contribution in [0.2, 0.25) is 0 Å². The number of alkyl halides is 3. The molecule has 1 aliphatic heterocycles. The number of halogens is 3. The molecule has 2 rings (SSSR count). The quantitative estimate of drug-likeness (QED) is 0.842. The average Bonchev–Trinajstić information content (AvgIpc) is 2.47. The summed E-state index contributed by atoms with van der Waals surface area (Å²) in [5.74, 6) is -1.72. The zero-order valence-electron chi connectivity index (χ0n) is 11.4. The minimum absolute atomic E-state index is 0.0658. The van der Waals surface area contributed by atoms with Gasteiger partial charge in [-0.05, 0) is 30.5 Å². The molecule has 0 radical (unpaired) electrons. The highest BCUT2D eigenvalue weighted by molar-refractivity contribution is 5.78. The van der Waals surface area contributed by atoms with Crippen LogP contribution < -0.4 is 0 Å². The normalized spacial score (nSPS) is 19.1. The van der Waals surface area contributed by atoms with Crippen molar-refractivity contribution in [3.63, 3.8) is 0 Å². The van der Waals surface area contributed by atoms with Crippen molar-refractivity contribution in [2.75, 3.05) is 13.1 Å². The minimum atomic E-state index is -4.24. The SMILES string of the molecule is N#Cc1ccc(CC(=O)N2CCCC(C(F)(F)F)C2)cc1. The Labute approximate surface area is 121 Å². The average molecular weight is 296 g/mol. The molecule has 21 heavy (non-hydrogen) atoms. The number of likely N-dealkylation sites (tertiary alicyclic amines) is 1. The first-order valence-electron chi connectivity index (χ1n) is 6.73. The Morgan fingerprint density at radius 2 is 2.00 bits per heavy atom. The predicted octanol–water partition coefficient (Wildman–Crippen LogP) is 2.90. The summed E-state index contributed by atoms with van der Waals surface area (Å²) in [4.78, 5) is 13.4. The van der Waals surface area contributed by atoms with E-state index in [0.717, 1.165) is 0 Å². The third kappa shape index (κ3) is 3.97. The summed E-state index contributed by atoms with van der Waals surface area (Å²) in [7, 11) is 0. The standard InChI is InChI=1S/C15H15F3N2O/c16-15(17,18)13-2-1-7-20(10-13)14(21)8-11-3-5-12(9-19)6-4-11/h3-6,13H,1-2,7-8,10H2. The molecule has 1 heterocycles. The predicted molar refractivity (Wildman–Crippen MR) is 70.2 cm³/mol. The van der Waals surface area contributed by atoms with Crippen molar-refractivity contribution in [1.29, 1.82) is 5.26 Å². The first-order chi connectivity index (χ1) is 9.90. The summed E-state index contributed by atoms with van der Waals surface area (Å²) >= 11 is 0. The lowest BCUT2D eigenvalue weighted by Gasteiger charge is -2.33. The number of carbonyl (C=O) groups is 1. The maximum Gasteiger partial charge on any atom is 0.393 e. The van der Waals surface area contributed by atoms with Gasteiger partial charge in [0.15, 0.2) is 0 Å². The molecule has 1 aliphatic rings. The van der Waals surface area contributed by atoms with Crippen LogP contribution in [0.1, 0.15) is 24.0 Å². The van der Waals surface area contributed by atoms with Gasteiger partial charge in [-0.3, -0.25) is 4.79 Å². The molecule has 1 saturated heterocycles. The summed E-state index contributed by atoms with van der Waals surface area (Å²) in [6.45, 7) is 0.125. The lowest BCUT2D eigenvalue weighted by Crippen LogP contribution is -2.45. The molecule has 0 aromatic heterocycles. The second-order valence-corrected chi connectivity index (χ2v) is 5.21. The van der Waals surface area contributed by atoms with E-state index in [1.54, 1.807) is 24.3 Å². The zero-order chi connectivity index (χ0) is 15.5. The number of piperidine rings is 1. The van der Waals surface area contributed by atoms with Crippen molar-refractivity contribution in [2.24, 2.45) is 5.92 Å². The third-order valence-electron chi connectivity index (χ3n) is 3.68. The third-order valence-corrected chi connectivity index (χ3v) is 3.68. The molecule has 1 atom stereocenters. The highest BCUT2D eigenvalue weighted by Gasteiger charge is 2.42. The molecule has 0 saturated carbocycles. The van der Waals surface area contributed by atoms with E-state index < -0.39 is 12.1 Å². The van der Waals surface area contributed by atoms with Crippen LogP contribution in [-0.2, 0) is 11.2 Å². The fourth-order valence-electron chi connectivity index (χ4n) is 2.45. The van der Waals surface area contributed by atoms with E-state index in [2.05, 4.69) is 0 Å². The van der Waals surface area contributed by atoms with Gasteiger partial charge >= 0.3 is 6.18 Å². The Kier molecular flexibility index (Phi) is 4.51. The van der Waals surface area contributed by atoms with Crippen LogP contribution in [0.5, 0.6) is 0 Å². The number of carbonyl (C=O) groups excluding carboxylic acids is 1. The molecule has 3 nitrogen and oxygen atoms in total. The summed E-state index contributed by atoms with van der Waals surface area (Å²) in [6.07, 6.45) is -3.71. The van der Waals surface area contributed by atoms with Crippen LogP contribution in [-0.4, -0.2) is 30.1 Å². The molecule has 0 aliphatic carbocycles. The first kappa shape index (κ1) is 15.4. The van der Waals surface area contributed by atoms with E-state index in [9.17, 15) is 18.0 Å². The van der Waals surface area contributed by atoms with Gasteiger partial charge in [-0.15, -0.1) is 0 Å². The van der Waals surface area contributed by atoms with Crippen LogP contribution in [0, 0.1) is 17.2 Å².